The zero-order valence-corrected chi connectivity index (χ0v) is 15.0. The highest BCUT2D eigenvalue weighted by atomic mass is 19.1. The van der Waals surface area contributed by atoms with E-state index in [-0.39, 0.29) is 0 Å². The highest BCUT2D eigenvalue weighted by Gasteiger charge is 2.21. The molecule has 1 unspecified atom stereocenters. The lowest BCUT2D eigenvalue weighted by Crippen LogP contribution is -2.31. The Labute approximate surface area is 154 Å². The molecule has 1 fully saturated rings. The van der Waals surface area contributed by atoms with Crippen LogP contribution in [0.5, 0.6) is 0 Å². The fourth-order valence-electron chi connectivity index (χ4n) is 3.44. The van der Waals surface area contributed by atoms with E-state index in [1.807, 2.05) is 18.2 Å². The standard InChI is InChI=1S/C21H27FN2O2/c22-19-10-18(12-24-13-19)21(25)14-23-11-16-6-8-20(9-7-16)26-15-17-4-2-1-3-5-17/h1-5,10,12-13,16,20-21,23,25H,6-9,11,14-15H2. The molecular weight excluding hydrogens is 331 g/mol. The number of hydrogen-bond acceptors (Lipinski definition) is 4. The van der Waals surface area contributed by atoms with Crippen molar-refractivity contribution >= 4 is 0 Å². The Kier molecular flexibility index (Phi) is 7.12. The van der Waals surface area contributed by atoms with Crippen molar-refractivity contribution in [2.75, 3.05) is 13.1 Å². The van der Waals surface area contributed by atoms with Crippen molar-refractivity contribution in [2.24, 2.45) is 5.92 Å². The molecule has 0 saturated heterocycles. The summed E-state index contributed by atoms with van der Waals surface area (Å²) >= 11 is 0. The summed E-state index contributed by atoms with van der Waals surface area (Å²) in [6.07, 6.45) is 6.67. The third-order valence-electron chi connectivity index (χ3n) is 5.00. The summed E-state index contributed by atoms with van der Waals surface area (Å²) in [6, 6.07) is 11.6. The van der Waals surface area contributed by atoms with Gasteiger partial charge in [-0.2, -0.15) is 0 Å². The topological polar surface area (TPSA) is 54.4 Å². The lowest BCUT2D eigenvalue weighted by atomic mass is 9.87. The van der Waals surface area contributed by atoms with E-state index < -0.39 is 11.9 Å². The number of rotatable bonds is 8. The highest BCUT2D eigenvalue weighted by Crippen LogP contribution is 2.26. The maximum Gasteiger partial charge on any atom is 0.141 e. The molecule has 1 heterocycles. The quantitative estimate of drug-likeness (QED) is 0.757. The molecule has 1 aromatic heterocycles. The average Bonchev–Trinajstić information content (AvgIpc) is 2.68. The number of hydrogen-bond donors (Lipinski definition) is 2. The maximum atomic E-state index is 13.1. The van der Waals surface area contributed by atoms with Gasteiger partial charge in [0, 0.05) is 18.3 Å². The van der Waals surface area contributed by atoms with Crippen LogP contribution in [0.3, 0.4) is 0 Å². The Bertz CT molecular complexity index is 660. The summed E-state index contributed by atoms with van der Waals surface area (Å²) in [5, 5.41) is 13.4. The van der Waals surface area contributed by atoms with Gasteiger partial charge < -0.3 is 15.2 Å². The molecule has 4 nitrogen and oxygen atoms in total. The molecule has 1 aromatic carbocycles. The number of aliphatic hydroxyl groups excluding tert-OH is 1. The van der Waals surface area contributed by atoms with Crippen molar-refractivity contribution in [1.82, 2.24) is 10.3 Å². The molecule has 140 valence electrons. The molecule has 1 aliphatic carbocycles. The first-order valence-electron chi connectivity index (χ1n) is 9.35. The molecule has 26 heavy (non-hydrogen) atoms. The molecule has 0 bridgehead atoms. The van der Waals surface area contributed by atoms with Gasteiger partial charge in [-0.25, -0.2) is 4.39 Å². The van der Waals surface area contributed by atoms with E-state index in [1.54, 1.807) is 0 Å². The minimum Gasteiger partial charge on any atom is -0.387 e. The Morgan fingerprint density at radius 1 is 1.15 bits per heavy atom. The van der Waals surface area contributed by atoms with E-state index in [0.29, 0.717) is 30.7 Å². The fourth-order valence-corrected chi connectivity index (χ4v) is 3.44. The number of pyridine rings is 1. The van der Waals surface area contributed by atoms with E-state index in [0.717, 1.165) is 38.4 Å². The number of nitrogens with zero attached hydrogens (tertiary/aromatic N) is 1. The molecule has 1 aliphatic rings. The van der Waals surface area contributed by atoms with Gasteiger partial charge in [0.2, 0.25) is 0 Å². The van der Waals surface area contributed by atoms with Crippen LogP contribution < -0.4 is 5.32 Å². The molecule has 2 aromatic rings. The van der Waals surface area contributed by atoms with Crippen LogP contribution in [0.2, 0.25) is 0 Å². The van der Waals surface area contributed by atoms with Crippen LogP contribution in [0.25, 0.3) is 0 Å². The number of nitrogens with one attached hydrogen (secondary N) is 1. The maximum absolute atomic E-state index is 13.1. The minimum absolute atomic E-state index is 0.343. The van der Waals surface area contributed by atoms with Crippen LogP contribution in [-0.4, -0.2) is 29.3 Å². The van der Waals surface area contributed by atoms with Crippen molar-refractivity contribution in [1.29, 1.82) is 0 Å². The molecule has 0 spiro atoms. The SMILES string of the molecule is OC(CNCC1CCC(OCc2ccccc2)CC1)c1cncc(F)c1. The first-order valence-corrected chi connectivity index (χ1v) is 9.35. The second kappa shape index (κ2) is 9.76. The Morgan fingerprint density at radius 3 is 2.65 bits per heavy atom. The third-order valence-corrected chi connectivity index (χ3v) is 5.00. The number of aromatic nitrogens is 1. The molecule has 0 aliphatic heterocycles. The van der Waals surface area contributed by atoms with Gasteiger partial charge in [-0.3, -0.25) is 4.98 Å². The predicted molar refractivity (Wildman–Crippen MR) is 99.0 cm³/mol. The predicted octanol–water partition coefficient (Wildman–Crippen LogP) is 3.62. The third kappa shape index (κ3) is 5.87. The molecule has 1 atom stereocenters. The van der Waals surface area contributed by atoms with Gasteiger partial charge in [0.15, 0.2) is 0 Å². The molecule has 0 amide bonds. The normalized spacial score (nSPS) is 21.5. The van der Waals surface area contributed by atoms with Gasteiger partial charge in [0.25, 0.3) is 0 Å². The van der Waals surface area contributed by atoms with E-state index >= 15 is 0 Å². The van der Waals surface area contributed by atoms with E-state index in [9.17, 15) is 9.50 Å². The van der Waals surface area contributed by atoms with Gasteiger partial charge in [0.1, 0.15) is 5.82 Å². The van der Waals surface area contributed by atoms with Gasteiger partial charge in [-0.1, -0.05) is 30.3 Å². The number of aliphatic hydroxyl groups is 1. The molecule has 1 saturated carbocycles. The second-order valence-corrected chi connectivity index (χ2v) is 7.05. The lowest BCUT2D eigenvalue weighted by Gasteiger charge is -2.29. The van der Waals surface area contributed by atoms with Crippen LogP contribution in [0.15, 0.2) is 48.8 Å². The summed E-state index contributed by atoms with van der Waals surface area (Å²) in [5.41, 5.74) is 1.73. The lowest BCUT2D eigenvalue weighted by molar-refractivity contribution is 0.00697. The second-order valence-electron chi connectivity index (χ2n) is 7.05. The molecule has 0 radical (unpaired) electrons. The first-order chi connectivity index (χ1) is 12.7. The minimum atomic E-state index is -0.733. The van der Waals surface area contributed by atoms with Crippen LogP contribution in [-0.2, 0) is 11.3 Å². The average molecular weight is 358 g/mol. The van der Waals surface area contributed by atoms with E-state index in [4.69, 9.17) is 4.74 Å². The fraction of sp³-hybridized carbons (Fsp3) is 0.476. The number of halogens is 1. The summed E-state index contributed by atoms with van der Waals surface area (Å²) in [6.45, 7) is 1.96. The summed E-state index contributed by atoms with van der Waals surface area (Å²) in [5.74, 6) is 0.180. The van der Waals surface area contributed by atoms with Crippen LogP contribution in [0.4, 0.5) is 4.39 Å². The Morgan fingerprint density at radius 2 is 1.92 bits per heavy atom. The Hall–Kier alpha value is -1.82. The number of benzene rings is 1. The Balaban J connectivity index is 1.31. The van der Waals surface area contributed by atoms with Crippen molar-refractivity contribution in [3.63, 3.8) is 0 Å². The van der Waals surface area contributed by atoms with Gasteiger partial charge >= 0.3 is 0 Å². The summed E-state index contributed by atoms with van der Waals surface area (Å²) in [4.78, 5) is 3.77. The van der Waals surface area contributed by atoms with Crippen molar-refractivity contribution < 1.29 is 14.2 Å². The van der Waals surface area contributed by atoms with Crippen molar-refractivity contribution in [2.45, 2.75) is 44.5 Å². The van der Waals surface area contributed by atoms with Crippen LogP contribution in [0.1, 0.15) is 42.9 Å². The van der Waals surface area contributed by atoms with Gasteiger partial charge in [-0.15, -0.1) is 0 Å². The zero-order chi connectivity index (χ0) is 18.2. The number of ether oxygens (including phenoxy) is 1. The zero-order valence-electron chi connectivity index (χ0n) is 15.0. The molecule has 3 rings (SSSR count). The van der Waals surface area contributed by atoms with Crippen LogP contribution in [0, 0.1) is 11.7 Å². The van der Waals surface area contributed by atoms with Crippen LogP contribution >= 0.6 is 0 Å². The van der Waals surface area contributed by atoms with Gasteiger partial charge in [-0.05, 0) is 49.8 Å². The van der Waals surface area contributed by atoms with Crippen molar-refractivity contribution in [3.8, 4) is 0 Å². The molecule has 5 heteroatoms. The smallest absolute Gasteiger partial charge is 0.141 e. The largest absolute Gasteiger partial charge is 0.387 e. The summed E-state index contributed by atoms with van der Waals surface area (Å²) in [7, 11) is 0. The van der Waals surface area contributed by atoms with Gasteiger partial charge in [0.05, 0.1) is 25.0 Å². The first kappa shape index (κ1) is 19.0. The molecule has 2 N–H and O–H groups in total. The van der Waals surface area contributed by atoms with Crippen molar-refractivity contribution in [3.05, 3.63) is 65.7 Å². The highest BCUT2D eigenvalue weighted by molar-refractivity contribution is 5.14. The van der Waals surface area contributed by atoms with E-state index in [2.05, 4.69) is 22.4 Å². The monoisotopic (exact) mass is 358 g/mol. The molecular formula is C21H27FN2O2. The van der Waals surface area contributed by atoms with E-state index in [1.165, 1.54) is 17.8 Å². The summed E-state index contributed by atoms with van der Waals surface area (Å²) < 4.78 is 19.2.